The molecule has 0 saturated heterocycles. The summed E-state index contributed by atoms with van der Waals surface area (Å²) in [7, 11) is 1.45. The lowest BCUT2D eigenvalue weighted by Crippen LogP contribution is -2.48. The van der Waals surface area contributed by atoms with Crippen molar-refractivity contribution in [2.45, 2.75) is 31.7 Å². The molecule has 1 aliphatic rings. The van der Waals surface area contributed by atoms with Gasteiger partial charge >= 0.3 is 5.97 Å². The number of carbonyl (C=O) groups excluding carboxylic acids is 1. The number of nitrogens with one attached hydrogen (secondary N) is 1. The second-order valence-electron chi connectivity index (χ2n) is 4.69. The van der Waals surface area contributed by atoms with Crippen molar-refractivity contribution >= 4 is 5.97 Å². The highest BCUT2D eigenvalue weighted by Gasteiger charge is 2.38. The number of ether oxygens (including phenoxy) is 1. The van der Waals surface area contributed by atoms with Gasteiger partial charge in [-0.3, -0.25) is 4.79 Å². The first-order valence-electron chi connectivity index (χ1n) is 6.08. The van der Waals surface area contributed by atoms with Gasteiger partial charge in [-0.15, -0.1) is 0 Å². The van der Waals surface area contributed by atoms with Crippen LogP contribution in [0.4, 0.5) is 0 Å². The fourth-order valence-corrected chi connectivity index (χ4v) is 2.73. The predicted octanol–water partition coefficient (Wildman–Crippen LogP) is 1.70. The van der Waals surface area contributed by atoms with Crippen LogP contribution in [-0.2, 0) is 22.4 Å². The number of carbonyl (C=O) groups is 1. The summed E-state index contributed by atoms with van der Waals surface area (Å²) in [6, 6.07) is 8.40. The standard InChI is InChI=1S/C14H19NO2/c1-3-15-14(10-13(16)17-2)8-11-6-4-5-7-12(11)9-14/h4-7,15H,3,8-10H2,1-2H3. The average molecular weight is 233 g/mol. The van der Waals surface area contributed by atoms with E-state index in [9.17, 15) is 4.79 Å². The number of rotatable bonds is 4. The van der Waals surface area contributed by atoms with Gasteiger partial charge in [-0.1, -0.05) is 31.2 Å². The Bertz CT molecular complexity index is 389. The first kappa shape index (κ1) is 12.1. The minimum atomic E-state index is -0.147. The zero-order valence-corrected chi connectivity index (χ0v) is 10.5. The molecule has 1 aliphatic carbocycles. The van der Waals surface area contributed by atoms with Gasteiger partial charge in [-0.25, -0.2) is 0 Å². The second-order valence-corrected chi connectivity index (χ2v) is 4.69. The minimum absolute atomic E-state index is 0.140. The van der Waals surface area contributed by atoms with E-state index in [1.807, 2.05) is 0 Å². The molecule has 0 saturated carbocycles. The maximum atomic E-state index is 11.5. The molecule has 0 radical (unpaired) electrons. The first-order chi connectivity index (χ1) is 8.19. The Morgan fingerprint density at radius 3 is 2.41 bits per heavy atom. The van der Waals surface area contributed by atoms with Gasteiger partial charge in [0.05, 0.1) is 13.5 Å². The topological polar surface area (TPSA) is 38.3 Å². The van der Waals surface area contributed by atoms with Crippen molar-refractivity contribution in [2.75, 3.05) is 13.7 Å². The van der Waals surface area contributed by atoms with Crippen LogP contribution in [0.25, 0.3) is 0 Å². The molecule has 0 spiro atoms. The smallest absolute Gasteiger partial charge is 0.307 e. The number of esters is 1. The molecule has 0 fully saturated rings. The van der Waals surface area contributed by atoms with E-state index in [1.165, 1.54) is 18.2 Å². The molecule has 2 rings (SSSR count). The van der Waals surface area contributed by atoms with Crippen LogP contribution in [0, 0.1) is 0 Å². The third-order valence-corrected chi connectivity index (χ3v) is 3.44. The number of likely N-dealkylation sites (N-methyl/N-ethyl adjacent to an activating group) is 1. The number of fused-ring (bicyclic) bond motifs is 1. The highest BCUT2D eigenvalue weighted by molar-refractivity contribution is 5.71. The van der Waals surface area contributed by atoms with E-state index in [0.717, 1.165) is 19.4 Å². The SMILES string of the molecule is CCNC1(CC(=O)OC)Cc2ccccc2C1. The quantitative estimate of drug-likeness (QED) is 0.804. The third kappa shape index (κ3) is 2.50. The van der Waals surface area contributed by atoms with Crippen molar-refractivity contribution in [1.29, 1.82) is 0 Å². The maximum Gasteiger partial charge on any atom is 0.307 e. The minimum Gasteiger partial charge on any atom is -0.469 e. The molecule has 1 aromatic rings. The van der Waals surface area contributed by atoms with Gasteiger partial charge in [0.2, 0.25) is 0 Å². The van der Waals surface area contributed by atoms with Crippen molar-refractivity contribution < 1.29 is 9.53 Å². The van der Waals surface area contributed by atoms with Gasteiger partial charge in [0.1, 0.15) is 0 Å². The zero-order valence-electron chi connectivity index (χ0n) is 10.5. The molecule has 3 heteroatoms. The summed E-state index contributed by atoms with van der Waals surface area (Å²) in [6.07, 6.45) is 2.25. The van der Waals surface area contributed by atoms with Crippen LogP contribution in [0.3, 0.4) is 0 Å². The maximum absolute atomic E-state index is 11.5. The molecule has 0 bridgehead atoms. The molecule has 0 unspecified atom stereocenters. The molecule has 0 aromatic heterocycles. The summed E-state index contributed by atoms with van der Waals surface area (Å²) in [5, 5.41) is 3.47. The molecule has 1 N–H and O–H groups in total. The summed E-state index contributed by atoms with van der Waals surface area (Å²) in [6.45, 7) is 2.94. The van der Waals surface area contributed by atoms with E-state index in [2.05, 4.69) is 36.5 Å². The van der Waals surface area contributed by atoms with Crippen LogP contribution >= 0.6 is 0 Å². The van der Waals surface area contributed by atoms with Gasteiger partial charge < -0.3 is 10.1 Å². The Morgan fingerprint density at radius 1 is 1.35 bits per heavy atom. The monoisotopic (exact) mass is 233 g/mol. The van der Waals surface area contributed by atoms with Crippen LogP contribution in [0.1, 0.15) is 24.5 Å². The molecular formula is C14H19NO2. The molecule has 0 aliphatic heterocycles. The van der Waals surface area contributed by atoms with Crippen LogP contribution in [0.15, 0.2) is 24.3 Å². The van der Waals surface area contributed by atoms with Gasteiger partial charge in [0, 0.05) is 5.54 Å². The highest BCUT2D eigenvalue weighted by Crippen LogP contribution is 2.32. The highest BCUT2D eigenvalue weighted by atomic mass is 16.5. The van der Waals surface area contributed by atoms with Crippen molar-refractivity contribution in [1.82, 2.24) is 5.32 Å². The van der Waals surface area contributed by atoms with Crippen LogP contribution in [-0.4, -0.2) is 25.2 Å². The Labute approximate surface area is 102 Å². The lowest BCUT2D eigenvalue weighted by atomic mass is 9.91. The third-order valence-electron chi connectivity index (χ3n) is 3.44. The molecule has 0 heterocycles. The van der Waals surface area contributed by atoms with E-state index in [4.69, 9.17) is 4.74 Å². The van der Waals surface area contributed by atoms with Crippen LogP contribution < -0.4 is 5.32 Å². The summed E-state index contributed by atoms with van der Waals surface area (Å²) in [4.78, 5) is 11.5. The van der Waals surface area contributed by atoms with Gasteiger partial charge in [-0.2, -0.15) is 0 Å². The summed E-state index contributed by atoms with van der Waals surface area (Å²) in [5.41, 5.74) is 2.54. The molecule has 1 aromatic carbocycles. The molecule has 92 valence electrons. The summed E-state index contributed by atoms with van der Waals surface area (Å²) in [5.74, 6) is -0.140. The van der Waals surface area contributed by atoms with E-state index in [1.54, 1.807) is 0 Å². The molecule has 0 atom stereocenters. The van der Waals surface area contributed by atoms with E-state index in [0.29, 0.717) is 6.42 Å². The van der Waals surface area contributed by atoms with Crippen molar-refractivity contribution in [3.05, 3.63) is 35.4 Å². The second kappa shape index (κ2) is 4.88. The molecule has 3 nitrogen and oxygen atoms in total. The molecule has 17 heavy (non-hydrogen) atoms. The van der Waals surface area contributed by atoms with Crippen LogP contribution in [0.2, 0.25) is 0 Å². The fourth-order valence-electron chi connectivity index (χ4n) is 2.73. The zero-order chi connectivity index (χ0) is 12.3. The average Bonchev–Trinajstić information content (AvgIpc) is 2.67. The Hall–Kier alpha value is -1.35. The fraction of sp³-hybridized carbons (Fsp3) is 0.500. The van der Waals surface area contributed by atoms with Crippen molar-refractivity contribution in [2.24, 2.45) is 0 Å². The van der Waals surface area contributed by atoms with E-state index >= 15 is 0 Å². The van der Waals surface area contributed by atoms with Crippen LogP contribution in [0.5, 0.6) is 0 Å². The first-order valence-corrected chi connectivity index (χ1v) is 6.08. The van der Waals surface area contributed by atoms with Gasteiger partial charge in [0.15, 0.2) is 0 Å². The Balaban J connectivity index is 2.19. The Kier molecular flexibility index (Phi) is 3.48. The number of hydrogen-bond acceptors (Lipinski definition) is 3. The lowest BCUT2D eigenvalue weighted by Gasteiger charge is -2.28. The number of hydrogen-bond donors (Lipinski definition) is 1. The van der Waals surface area contributed by atoms with Gasteiger partial charge in [0.25, 0.3) is 0 Å². The number of benzene rings is 1. The van der Waals surface area contributed by atoms with Crippen molar-refractivity contribution in [3.63, 3.8) is 0 Å². The predicted molar refractivity (Wildman–Crippen MR) is 66.9 cm³/mol. The Morgan fingerprint density at radius 2 is 1.94 bits per heavy atom. The molecule has 0 amide bonds. The largest absolute Gasteiger partial charge is 0.469 e. The van der Waals surface area contributed by atoms with E-state index < -0.39 is 0 Å². The summed E-state index contributed by atoms with van der Waals surface area (Å²) >= 11 is 0. The van der Waals surface area contributed by atoms with Crippen molar-refractivity contribution in [3.8, 4) is 0 Å². The summed E-state index contributed by atoms with van der Waals surface area (Å²) < 4.78 is 4.80. The molecular weight excluding hydrogens is 214 g/mol. The van der Waals surface area contributed by atoms with Gasteiger partial charge in [-0.05, 0) is 30.5 Å². The lowest BCUT2D eigenvalue weighted by molar-refractivity contribution is -0.142. The number of methoxy groups -OCH3 is 1. The van der Waals surface area contributed by atoms with E-state index in [-0.39, 0.29) is 11.5 Å². The normalized spacial score (nSPS) is 16.6.